The Morgan fingerprint density at radius 2 is 1.92 bits per heavy atom. The fraction of sp³-hybridized carbons (Fsp3) is 0.133. The summed E-state index contributed by atoms with van der Waals surface area (Å²) in [6, 6.07) is 7.34. The molecule has 2 rings (SSSR count). The number of rotatable bonds is 7. The van der Waals surface area contributed by atoms with Gasteiger partial charge in [0.05, 0.1) is 10.0 Å². The lowest BCUT2D eigenvalue weighted by atomic mass is 10.1. The van der Waals surface area contributed by atoms with E-state index in [0.29, 0.717) is 22.4 Å². The summed E-state index contributed by atoms with van der Waals surface area (Å²) in [5.41, 5.74) is 1.88. The molecule has 2 N–H and O–H groups in total. The minimum atomic E-state index is -3.41. The maximum Gasteiger partial charge on any atom is 0.233 e. The van der Waals surface area contributed by atoms with Gasteiger partial charge < -0.3 is 5.32 Å². The van der Waals surface area contributed by atoms with Gasteiger partial charge in [-0.05, 0) is 58.0 Å². The van der Waals surface area contributed by atoms with E-state index in [0.717, 1.165) is 20.1 Å². The van der Waals surface area contributed by atoms with E-state index in [-0.39, 0.29) is 6.54 Å². The lowest BCUT2D eigenvalue weighted by molar-refractivity contribution is 0.592. The van der Waals surface area contributed by atoms with Gasteiger partial charge in [-0.15, -0.1) is 0 Å². The topological polar surface area (TPSA) is 71.1 Å². The third-order valence-corrected chi connectivity index (χ3v) is 5.69. The molecule has 5 nitrogen and oxygen atoms in total. The number of aromatic nitrogens is 1. The number of halogens is 3. The Kier molecular flexibility index (Phi) is 6.88. The molecule has 0 bridgehead atoms. The van der Waals surface area contributed by atoms with Crippen molar-refractivity contribution in [2.45, 2.75) is 0 Å². The molecule has 0 aliphatic heterocycles. The molecular weight excluding hydrogens is 484 g/mol. The van der Waals surface area contributed by atoms with E-state index in [1.807, 2.05) is 18.2 Å². The van der Waals surface area contributed by atoms with Crippen molar-refractivity contribution < 1.29 is 8.42 Å². The van der Waals surface area contributed by atoms with E-state index in [9.17, 15) is 8.42 Å². The first kappa shape index (κ1) is 19.5. The van der Waals surface area contributed by atoms with E-state index in [1.165, 1.54) is 0 Å². The highest BCUT2D eigenvalue weighted by atomic mass is 127. The number of anilines is 1. The molecule has 0 aliphatic rings. The second-order valence-electron chi connectivity index (χ2n) is 4.71. The number of hydrogen-bond acceptors (Lipinski definition) is 4. The first-order chi connectivity index (χ1) is 11.3. The van der Waals surface area contributed by atoms with Crippen LogP contribution in [0, 0.1) is 3.57 Å². The van der Waals surface area contributed by atoms with Gasteiger partial charge >= 0.3 is 0 Å². The average molecular weight is 498 g/mol. The maximum atomic E-state index is 11.2. The smallest absolute Gasteiger partial charge is 0.233 e. The zero-order valence-electron chi connectivity index (χ0n) is 12.4. The summed E-state index contributed by atoms with van der Waals surface area (Å²) in [5.74, 6) is 0.632. The normalized spacial score (nSPS) is 11.3. The van der Waals surface area contributed by atoms with Gasteiger partial charge in [-0.3, -0.25) is 0 Å². The summed E-state index contributed by atoms with van der Waals surface area (Å²) in [7, 11) is -3.41. The van der Waals surface area contributed by atoms with Crippen LogP contribution >= 0.6 is 45.8 Å². The van der Waals surface area contributed by atoms with Crippen LogP contribution in [0.5, 0.6) is 0 Å². The van der Waals surface area contributed by atoms with Crippen LogP contribution < -0.4 is 10.0 Å². The summed E-state index contributed by atoms with van der Waals surface area (Å²) in [5, 5.41) is 4.93. The summed E-state index contributed by atoms with van der Waals surface area (Å²) in [6.45, 7) is 3.85. The van der Waals surface area contributed by atoms with Crippen molar-refractivity contribution >= 4 is 61.6 Å². The van der Waals surface area contributed by atoms with E-state index >= 15 is 0 Å². The third kappa shape index (κ3) is 5.32. The van der Waals surface area contributed by atoms with Crippen LogP contribution in [0.4, 0.5) is 5.82 Å². The van der Waals surface area contributed by atoms with Crippen molar-refractivity contribution in [1.82, 2.24) is 9.71 Å². The molecule has 1 aromatic carbocycles. The average Bonchev–Trinajstić information content (AvgIpc) is 2.55. The van der Waals surface area contributed by atoms with Crippen LogP contribution in [0.2, 0.25) is 10.0 Å². The van der Waals surface area contributed by atoms with Crippen LogP contribution in [0.1, 0.15) is 0 Å². The van der Waals surface area contributed by atoms with E-state index in [2.05, 4.69) is 44.2 Å². The Hall–Kier alpha value is -0.870. The fourth-order valence-electron chi connectivity index (χ4n) is 1.88. The van der Waals surface area contributed by atoms with Crippen LogP contribution in [0.15, 0.2) is 42.4 Å². The van der Waals surface area contributed by atoms with Gasteiger partial charge in [0.2, 0.25) is 10.0 Å². The summed E-state index contributed by atoms with van der Waals surface area (Å²) in [4.78, 5) is 4.22. The highest BCUT2D eigenvalue weighted by Gasteiger charge is 2.09. The number of benzene rings is 1. The SMILES string of the molecule is C=CS(=O)(=O)NCCNc1cc(-c2cc(Cl)c(Cl)cc2I)ccn1. The van der Waals surface area contributed by atoms with Crippen molar-refractivity contribution in [2.24, 2.45) is 0 Å². The zero-order valence-corrected chi connectivity index (χ0v) is 16.9. The van der Waals surface area contributed by atoms with Gasteiger partial charge in [0.1, 0.15) is 5.82 Å². The number of hydrogen-bond donors (Lipinski definition) is 2. The van der Waals surface area contributed by atoms with Crippen LogP contribution in [-0.4, -0.2) is 26.5 Å². The molecule has 9 heteroatoms. The van der Waals surface area contributed by atoms with Crippen molar-refractivity contribution in [1.29, 1.82) is 0 Å². The number of pyridine rings is 1. The van der Waals surface area contributed by atoms with Crippen molar-refractivity contribution in [3.05, 3.63) is 56.1 Å². The molecule has 0 unspecified atom stereocenters. The summed E-state index contributed by atoms with van der Waals surface area (Å²) < 4.78 is 25.8. The lowest BCUT2D eigenvalue weighted by Crippen LogP contribution is -2.27. The molecule has 24 heavy (non-hydrogen) atoms. The van der Waals surface area contributed by atoms with Gasteiger partial charge in [-0.25, -0.2) is 18.1 Å². The standard InChI is InChI=1S/C15H14Cl2IN3O2S/c1-2-24(22,23)21-6-5-20-15-7-10(3-4-19-15)11-8-12(16)13(17)9-14(11)18/h2-4,7-9,21H,1,5-6H2,(H,19,20). The molecule has 1 aromatic heterocycles. The molecular formula is C15H14Cl2IN3O2S. The Bertz CT molecular complexity index is 860. The Morgan fingerprint density at radius 3 is 2.62 bits per heavy atom. The second-order valence-corrected chi connectivity index (χ2v) is 8.40. The van der Waals surface area contributed by atoms with Crippen LogP contribution in [0.3, 0.4) is 0 Å². The molecule has 0 spiro atoms. The van der Waals surface area contributed by atoms with Gasteiger partial charge in [0.25, 0.3) is 0 Å². The van der Waals surface area contributed by atoms with Crippen LogP contribution in [-0.2, 0) is 10.0 Å². The zero-order chi connectivity index (χ0) is 17.7. The third-order valence-electron chi connectivity index (χ3n) is 3.03. The second kappa shape index (κ2) is 8.48. The lowest BCUT2D eigenvalue weighted by Gasteiger charge is -2.10. The van der Waals surface area contributed by atoms with Gasteiger partial charge in [-0.1, -0.05) is 29.8 Å². The fourth-order valence-corrected chi connectivity index (χ4v) is 3.68. The van der Waals surface area contributed by atoms with Crippen LogP contribution in [0.25, 0.3) is 11.1 Å². The summed E-state index contributed by atoms with van der Waals surface area (Å²) in [6.07, 6.45) is 1.67. The highest BCUT2D eigenvalue weighted by Crippen LogP contribution is 2.33. The van der Waals surface area contributed by atoms with Crippen molar-refractivity contribution in [2.75, 3.05) is 18.4 Å². The monoisotopic (exact) mass is 497 g/mol. The van der Waals surface area contributed by atoms with E-state index in [4.69, 9.17) is 23.2 Å². The van der Waals surface area contributed by atoms with Crippen molar-refractivity contribution in [3.8, 4) is 11.1 Å². The maximum absolute atomic E-state index is 11.2. The summed E-state index contributed by atoms with van der Waals surface area (Å²) >= 11 is 14.3. The number of nitrogens with zero attached hydrogens (tertiary/aromatic N) is 1. The predicted octanol–water partition coefficient (Wildman–Crippen LogP) is 4.13. The molecule has 128 valence electrons. The van der Waals surface area contributed by atoms with Gasteiger partial charge in [0.15, 0.2) is 0 Å². The first-order valence-electron chi connectivity index (χ1n) is 6.79. The first-order valence-corrected chi connectivity index (χ1v) is 10.2. The quantitative estimate of drug-likeness (QED) is 0.342. The molecule has 0 amide bonds. The molecule has 0 saturated carbocycles. The molecule has 0 fully saturated rings. The minimum absolute atomic E-state index is 0.227. The Morgan fingerprint density at radius 1 is 1.21 bits per heavy atom. The molecule has 1 heterocycles. The molecule has 0 atom stereocenters. The van der Waals surface area contributed by atoms with Crippen molar-refractivity contribution in [3.63, 3.8) is 0 Å². The number of sulfonamides is 1. The molecule has 0 saturated heterocycles. The largest absolute Gasteiger partial charge is 0.369 e. The highest BCUT2D eigenvalue weighted by molar-refractivity contribution is 14.1. The predicted molar refractivity (Wildman–Crippen MR) is 108 cm³/mol. The van der Waals surface area contributed by atoms with Gasteiger partial charge in [-0.2, -0.15) is 0 Å². The van der Waals surface area contributed by atoms with E-state index < -0.39 is 10.0 Å². The van der Waals surface area contributed by atoms with Gasteiger partial charge in [0, 0.05) is 28.3 Å². The molecule has 0 radical (unpaired) electrons. The Labute approximate surface area is 164 Å². The van der Waals surface area contributed by atoms with E-state index in [1.54, 1.807) is 12.3 Å². The molecule has 0 aliphatic carbocycles. The Balaban J connectivity index is 2.10. The minimum Gasteiger partial charge on any atom is -0.369 e. The molecule has 2 aromatic rings. The number of nitrogens with one attached hydrogen (secondary N) is 2.